The van der Waals surface area contributed by atoms with E-state index in [-0.39, 0.29) is 33.0 Å². The number of ketones is 1. The van der Waals surface area contributed by atoms with E-state index in [1.165, 1.54) is 12.1 Å². The lowest BCUT2D eigenvalue weighted by molar-refractivity contribution is 0.103. The second-order valence-electron chi connectivity index (χ2n) is 4.82. The molecule has 0 aliphatic carbocycles. The molecule has 1 aromatic heterocycles. The number of hydrogen-bond donors (Lipinski definition) is 0. The molecule has 3 aromatic rings. The molecule has 0 spiro atoms. The first-order chi connectivity index (χ1) is 10.5. The summed E-state index contributed by atoms with van der Waals surface area (Å²) in [5.74, 6) is -2.05. The quantitative estimate of drug-likeness (QED) is 0.501. The van der Waals surface area contributed by atoms with Gasteiger partial charge >= 0.3 is 0 Å². The average Bonchev–Trinajstić information content (AvgIpc) is 2.76. The fourth-order valence-electron chi connectivity index (χ4n) is 2.59. The molecule has 0 bridgehead atoms. The van der Waals surface area contributed by atoms with Crippen molar-refractivity contribution in [3.05, 3.63) is 68.7 Å². The number of carbonyl (C=O) groups is 1. The number of nitrogens with zero attached hydrogens (tertiary/aromatic N) is 2. The smallest absolute Gasteiger partial charge is 0.267 e. The minimum atomic E-state index is -0.753. The molecule has 2 heterocycles. The highest BCUT2D eigenvalue weighted by Crippen LogP contribution is 2.29. The van der Waals surface area contributed by atoms with Crippen LogP contribution in [0.1, 0.15) is 16.2 Å². The maximum atomic E-state index is 13.6. The third kappa shape index (κ3) is 1.52. The Morgan fingerprint density at radius 1 is 1.09 bits per heavy atom. The molecule has 0 atom stereocenters. The van der Waals surface area contributed by atoms with E-state index in [0.29, 0.717) is 0 Å². The van der Waals surface area contributed by atoms with Gasteiger partial charge in [-0.15, -0.1) is 0 Å². The van der Waals surface area contributed by atoms with Crippen LogP contribution >= 0.6 is 11.6 Å². The van der Waals surface area contributed by atoms with Crippen molar-refractivity contribution >= 4 is 28.3 Å². The molecule has 1 aliphatic heterocycles. The van der Waals surface area contributed by atoms with E-state index < -0.39 is 23.0 Å². The Morgan fingerprint density at radius 2 is 1.86 bits per heavy atom. The number of halogens is 3. The molecule has 0 N–H and O–H groups in total. The summed E-state index contributed by atoms with van der Waals surface area (Å²) in [5, 5.41) is -0.469. The van der Waals surface area contributed by atoms with E-state index in [0.717, 1.165) is 22.8 Å². The number of aromatic nitrogens is 2. The maximum Gasteiger partial charge on any atom is 0.267 e. The summed E-state index contributed by atoms with van der Waals surface area (Å²) in [7, 11) is 0. The predicted octanol–water partition coefficient (Wildman–Crippen LogP) is 2.86. The van der Waals surface area contributed by atoms with Gasteiger partial charge in [0.05, 0.1) is 27.2 Å². The molecule has 0 amide bonds. The summed E-state index contributed by atoms with van der Waals surface area (Å²) in [6.45, 7) is 0. The molecule has 0 saturated heterocycles. The van der Waals surface area contributed by atoms with Crippen LogP contribution in [0.25, 0.3) is 16.6 Å². The molecular weight excluding hydrogens is 314 g/mol. The van der Waals surface area contributed by atoms with Crippen LogP contribution in [0.2, 0.25) is 5.02 Å². The van der Waals surface area contributed by atoms with Gasteiger partial charge < -0.3 is 0 Å². The van der Waals surface area contributed by atoms with Gasteiger partial charge in [-0.2, -0.15) is 0 Å². The number of carbonyl (C=O) groups excluding carboxylic acids is 1. The molecule has 7 heteroatoms. The Hall–Kier alpha value is -2.60. The lowest BCUT2D eigenvalue weighted by atomic mass is 10.1. The van der Waals surface area contributed by atoms with Crippen LogP contribution in [0.15, 0.2) is 35.1 Å². The Labute approximate surface area is 126 Å². The van der Waals surface area contributed by atoms with E-state index in [4.69, 9.17) is 11.6 Å². The van der Waals surface area contributed by atoms with Crippen molar-refractivity contribution in [1.29, 1.82) is 0 Å². The second kappa shape index (κ2) is 4.20. The third-order valence-corrected chi connectivity index (χ3v) is 3.94. The normalized spacial score (nSPS) is 12.6. The minimum Gasteiger partial charge on any atom is -0.285 e. The molecule has 4 nitrogen and oxygen atoms in total. The number of fused-ring (bicyclic) bond motifs is 4. The first-order valence-corrected chi connectivity index (χ1v) is 6.62. The fourth-order valence-corrected chi connectivity index (χ4v) is 2.83. The first-order valence-electron chi connectivity index (χ1n) is 6.24. The highest BCUT2D eigenvalue weighted by molar-refractivity contribution is 6.35. The van der Waals surface area contributed by atoms with Gasteiger partial charge in [-0.3, -0.25) is 14.2 Å². The summed E-state index contributed by atoms with van der Waals surface area (Å²) < 4.78 is 27.9. The largest absolute Gasteiger partial charge is 0.285 e. The zero-order chi connectivity index (χ0) is 15.6. The Morgan fingerprint density at radius 3 is 2.64 bits per heavy atom. The van der Waals surface area contributed by atoms with Crippen LogP contribution in [-0.2, 0) is 0 Å². The molecule has 1 aliphatic rings. The van der Waals surface area contributed by atoms with Crippen LogP contribution in [0.4, 0.5) is 8.78 Å². The molecular formula is C15H5ClF2N2O2. The van der Waals surface area contributed by atoms with Gasteiger partial charge in [0.1, 0.15) is 11.6 Å². The van der Waals surface area contributed by atoms with Crippen molar-refractivity contribution in [1.82, 2.24) is 9.55 Å². The fraction of sp³-hybridized carbons (Fsp3) is 0. The van der Waals surface area contributed by atoms with Gasteiger partial charge in [0.15, 0.2) is 5.82 Å². The monoisotopic (exact) mass is 318 g/mol. The molecule has 2 aromatic carbocycles. The lowest BCUT2D eigenvalue weighted by Gasteiger charge is -2.06. The summed E-state index contributed by atoms with van der Waals surface area (Å²) in [6.07, 6.45) is 0. The van der Waals surface area contributed by atoms with Crippen LogP contribution in [-0.4, -0.2) is 15.3 Å². The van der Waals surface area contributed by atoms with Crippen LogP contribution in [0, 0.1) is 11.6 Å². The van der Waals surface area contributed by atoms with Gasteiger partial charge in [0.2, 0.25) is 5.78 Å². The van der Waals surface area contributed by atoms with Crippen molar-refractivity contribution in [3.8, 4) is 5.69 Å². The van der Waals surface area contributed by atoms with Crippen molar-refractivity contribution in [3.63, 3.8) is 0 Å². The van der Waals surface area contributed by atoms with Crippen molar-refractivity contribution in [2.45, 2.75) is 0 Å². The van der Waals surface area contributed by atoms with Crippen molar-refractivity contribution in [2.75, 3.05) is 0 Å². The van der Waals surface area contributed by atoms with Gasteiger partial charge in [0.25, 0.3) is 5.56 Å². The zero-order valence-corrected chi connectivity index (χ0v) is 11.5. The minimum absolute atomic E-state index is 0.0384. The molecule has 0 saturated carbocycles. The van der Waals surface area contributed by atoms with E-state index in [2.05, 4.69) is 4.98 Å². The molecule has 0 unspecified atom stereocenters. The van der Waals surface area contributed by atoms with Gasteiger partial charge in [0, 0.05) is 0 Å². The number of hydrogen-bond acceptors (Lipinski definition) is 3. The van der Waals surface area contributed by atoms with E-state index >= 15 is 0 Å². The van der Waals surface area contributed by atoms with Gasteiger partial charge in [-0.25, -0.2) is 13.8 Å². The molecule has 4 rings (SSSR count). The topological polar surface area (TPSA) is 52.0 Å². The molecule has 22 heavy (non-hydrogen) atoms. The first kappa shape index (κ1) is 13.1. The third-order valence-electron chi connectivity index (χ3n) is 3.58. The summed E-state index contributed by atoms with van der Waals surface area (Å²) >= 11 is 5.85. The maximum absolute atomic E-state index is 13.6. The van der Waals surface area contributed by atoms with Gasteiger partial charge in [-0.1, -0.05) is 11.6 Å². The highest BCUT2D eigenvalue weighted by atomic mass is 35.5. The SMILES string of the molecule is O=C1c2cc(F)ccc2-n2c1nc1ccc(F)c(Cl)c1c2=O. The summed E-state index contributed by atoms with van der Waals surface area (Å²) in [4.78, 5) is 29.0. The van der Waals surface area contributed by atoms with Crippen molar-refractivity contribution in [2.24, 2.45) is 0 Å². The van der Waals surface area contributed by atoms with E-state index in [9.17, 15) is 18.4 Å². The van der Waals surface area contributed by atoms with Crippen LogP contribution < -0.4 is 5.56 Å². The van der Waals surface area contributed by atoms with E-state index in [1.54, 1.807) is 0 Å². The molecule has 0 radical (unpaired) electrons. The highest BCUT2D eigenvalue weighted by Gasteiger charge is 2.31. The number of rotatable bonds is 0. The Bertz CT molecular complexity index is 1060. The van der Waals surface area contributed by atoms with Gasteiger partial charge in [-0.05, 0) is 30.3 Å². The summed E-state index contributed by atoms with van der Waals surface area (Å²) in [6, 6.07) is 5.82. The number of benzene rings is 2. The van der Waals surface area contributed by atoms with Crippen LogP contribution in [0.5, 0.6) is 0 Å². The Kier molecular flexibility index (Phi) is 2.50. The molecule has 108 valence electrons. The zero-order valence-electron chi connectivity index (χ0n) is 10.7. The standard InChI is InChI=1S/C15H5ClF2N2O2/c16-12-8(18)2-3-9-11(12)15(22)20-10-4-1-6(17)5-7(10)13(21)14(20)19-9/h1-5H. The second-order valence-corrected chi connectivity index (χ2v) is 5.20. The van der Waals surface area contributed by atoms with E-state index in [1.807, 2.05) is 0 Å². The van der Waals surface area contributed by atoms with Crippen LogP contribution in [0.3, 0.4) is 0 Å². The van der Waals surface area contributed by atoms with Crippen molar-refractivity contribution < 1.29 is 13.6 Å². The predicted molar refractivity (Wildman–Crippen MR) is 75.7 cm³/mol. The lowest BCUT2D eigenvalue weighted by Crippen LogP contribution is -2.22. The summed E-state index contributed by atoms with van der Waals surface area (Å²) in [5.41, 5.74) is -0.301. The average molecular weight is 319 g/mol. The molecule has 0 fully saturated rings. The Balaban J connectivity index is 2.21.